The van der Waals surface area contributed by atoms with Crippen molar-refractivity contribution in [3.63, 3.8) is 0 Å². The van der Waals surface area contributed by atoms with E-state index in [0.29, 0.717) is 11.4 Å². The molecule has 0 saturated carbocycles. The number of aryl methyl sites for hydroxylation is 2. The zero-order valence-electron chi connectivity index (χ0n) is 14.2. The van der Waals surface area contributed by atoms with Crippen LogP contribution in [0.15, 0.2) is 60.0 Å². The Hall–Kier alpha value is -3.20. The van der Waals surface area contributed by atoms with Crippen molar-refractivity contribution >= 4 is 26.6 Å². The highest BCUT2D eigenvalue weighted by atomic mass is 32.2. The molecule has 0 aliphatic heterocycles. The summed E-state index contributed by atoms with van der Waals surface area (Å²) in [6, 6.07) is 8.56. The summed E-state index contributed by atoms with van der Waals surface area (Å²) in [5, 5.41) is 9.12. The minimum atomic E-state index is -3.77. The van der Waals surface area contributed by atoms with Gasteiger partial charge in [0.05, 0.1) is 29.3 Å². The lowest BCUT2D eigenvalue weighted by Gasteiger charge is -2.10. The van der Waals surface area contributed by atoms with Gasteiger partial charge in [0.1, 0.15) is 4.90 Å². The normalized spacial score (nSPS) is 11.8. The Morgan fingerprint density at radius 3 is 2.54 bits per heavy atom. The van der Waals surface area contributed by atoms with Crippen molar-refractivity contribution < 1.29 is 8.42 Å². The Balaban J connectivity index is 1.67. The molecule has 1 aromatic carbocycles. The summed E-state index contributed by atoms with van der Waals surface area (Å²) in [6.07, 6.45) is 6.53. The second-order valence-corrected chi connectivity index (χ2v) is 7.58. The quantitative estimate of drug-likeness (QED) is 0.596. The molecule has 1 N–H and O–H groups in total. The van der Waals surface area contributed by atoms with Crippen LogP contribution in [0.25, 0.3) is 22.2 Å². The van der Waals surface area contributed by atoms with Gasteiger partial charge in [0.2, 0.25) is 0 Å². The summed E-state index contributed by atoms with van der Waals surface area (Å²) in [4.78, 5) is 4.34. The Labute approximate surface area is 150 Å². The molecule has 0 fully saturated rings. The van der Waals surface area contributed by atoms with Crippen LogP contribution in [0, 0.1) is 0 Å². The average Bonchev–Trinajstić information content (AvgIpc) is 3.22. The van der Waals surface area contributed by atoms with E-state index in [1.54, 1.807) is 47.0 Å². The van der Waals surface area contributed by atoms with Crippen LogP contribution in [-0.4, -0.2) is 33.0 Å². The van der Waals surface area contributed by atoms with Crippen LogP contribution in [0.4, 0.5) is 5.69 Å². The number of hydrogen-bond acceptors (Lipinski definition) is 5. The molecule has 8 nitrogen and oxygen atoms in total. The van der Waals surface area contributed by atoms with E-state index in [2.05, 4.69) is 19.9 Å². The third kappa shape index (κ3) is 2.82. The molecule has 9 heteroatoms. The van der Waals surface area contributed by atoms with Gasteiger partial charge in [0.15, 0.2) is 0 Å². The van der Waals surface area contributed by atoms with Crippen LogP contribution in [0.1, 0.15) is 0 Å². The number of hydrogen-bond donors (Lipinski definition) is 1. The molecule has 3 aromatic heterocycles. The predicted molar refractivity (Wildman–Crippen MR) is 98.0 cm³/mol. The summed E-state index contributed by atoms with van der Waals surface area (Å²) in [6.45, 7) is 0. The van der Waals surface area contributed by atoms with Gasteiger partial charge in [0, 0.05) is 37.4 Å². The molecule has 0 bridgehead atoms. The van der Waals surface area contributed by atoms with Crippen molar-refractivity contribution in [1.82, 2.24) is 24.5 Å². The van der Waals surface area contributed by atoms with E-state index in [-0.39, 0.29) is 4.90 Å². The Morgan fingerprint density at radius 2 is 1.85 bits per heavy atom. The first-order chi connectivity index (χ1) is 12.4. The van der Waals surface area contributed by atoms with Crippen LogP contribution >= 0.6 is 0 Å². The van der Waals surface area contributed by atoms with Gasteiger partial charge in [-0.3, -0.25) is 19.1 Å². The fourth-order valence-corrected chi connectivity index (χ4v) is 3.79. The Morgan fingerprint density at radius 1 is 1.00 bits per heavy atom. The SMILES string of the molecule is Cn1cc(-c2ccc(S(=O)(=O)Nc3cccc4cnn(C)c34)cn2)cn1. The van der Waals surface area contributed by atoms with Crippen molar-refractivity contribution in [3.05, 3.63) is 55.1 Å². The van der Waals surface area contributed by atoms with E-state index < -0.39 is 10.0 Å². The molecule has 0 radical (unpaired) electrons. The number of anilines is 1. The van der Waals surface area contributed by atoms with Gasteiger partial charge in [-0.1, -0.05) is 12.1 Å². The summed E-state index contributed by atoms with van der Waals surface area (Å²) in [5.41, 5.74) is 2.67. The van der Waals surface area contributed by atoms with Gasteiger partial charge >= 0.3 is 0 Å². The molecule has 0 aliphatic carbocycles. The van der Waals surface area contributed by atoms with E-state index >= 15 is 0 Å². The van der Waals surface area contributed by atoms with Crippen LogP contribution in [-0.2, 0) is 24.1 Å². The fourth-order valence-electron chi connectivity index (χ4n) is 2.78. The summed E-state index contributed by atoms with van der Waals surface area (Å²) in [5.74, 6) is 0. The van der Waals surface area contributed by atoms with Gasteiger partial charge in [0.25, 0.3) is 10.0 Å². The van der Waals surface area contributed by atoms with Crippen LogP contribution in [0.2, 0.25) is 0 Å². The van der Waals surface area contributed by atoms with Crippen molar-refractivity contribution in [1.29, 1.82) is 0 Å². The second kappa shape index (κ2) is 5.95. The summed E-state index contributed by atoms with van der Waals surface area (Å²) in [7, 11) is -0.189. The zero-order valence-corrected chi connectivity index (χ0v) is 15.0. The van der Waals surface area contributed by atoms with E-state index in [4.69, 9.17) is 0 Å². The second-order valence-electron chi connectivity index (χ2n) is 5.90. The fraction of sp³-hybridized carbons (Fsp3) is 0.118. The standard InChI is InChI=1S/C17H16N6O2S/c1-22-11-13(9-19-22)15-7-6-14(10-18-15)26(24,25)21-16-5-3-4-12-8-20-23(2)17(12)16/h3-11,21H,1-2H3. The van der Waals surface area contributed by atoms with Crippen molar-refractivity contribution in [2.24, 2.45) is 14.1 Å². The maximum absolute atomic E-state index is 12.7. The highest BCUT2D eigenvalue weighted by Gasteiger charge is 2.17. The topological polar surface area (TPSA) is 94.7 Å². The van der Waals surface area contributed by atoms with Gasteiger partial charge in [-0.2, -0.15) is 10.2 Å². The number of nitrogens with one attached hydrogen (secondary N) is 1. The number of aromatic nitrogens is 5. The molecule has 4 rings (SSSR count). The van der Waals surface area contributed by atoms with Crippen LogP contribution < -0.4 is 4.72 Å². The van der Waals surface area contributed by atoms with Crippen LogP contribution in [0.5, 0.6) is 0 Å². The highest BCUT2D eigenvalue weighted by Crippen LogP contribution is 2.25. The molecule has 26 heavy (non-hydrogen) atoms. The predicted octanol–water partition coefficient (Wildman–Crippen LogP) is 2.17. The van der Waals surface area contributed by atoms with E-state index in [1.807, 2.05) is 19.3 Å². The third-order valence-corrected chi connectivity index (χ3v) is 5.40. The summed E-state index contributed by atoms with van der Waals surface area (Å²) >= 11 is 0. The van der Waals surface area contributed by atoms with Crippen molar-refractivity contribution in [2.45, 2.75) is 4.90 Å². The first-order valence-electron chi connectivity index (χ1n) is 7.83. The third-order valence-electron chi connectivity index (χ3n) is 4.05. The Kier molecular flexibility index (Phi) is 3.73. The number of sulfonamides is 1. The molecule has 0 aliphatic rings. The largest absolute Gasteiger partial charge is 0.277 e. The number of pyridine rings is 1. The maximum Gasteiger partial charge on any atom is 0.263 e. The Bertz CT molecular complexity index is 1190. The van der Waals surface area contributed by atoms with E-state index in [9.17, 15) is 8.42 Å². The molecule has 0 spiro atoms. The summed E-state index contributed by atoms with van der Waals surface area (Å²) < 4.78 is 31.4. The lowest BCUT2D eigenvalue weighted by molar-refractivity contribution is 0.601. The number of rotatable bonds is 4. The number of fused-ring (bicyclic) bond motifs is 1. The lowest BCUT2D eigenvalue weighted by atomic mass is 10.2. The lowest BCUT2D eigenvalue weighted by Crippen LogP contribution is -2.14. The van der Waals surface area contributed by atoms with Gasteiger partial charge in [-0.05, 0) is 18.2 Å². The van der Waals surface area contributed by atoms with Gasteiger partial charge in [-0.15, -0.1) is 0 Å². The molecule has 3 heterocycles. The molecule has 0 unspecified atom stereocenters. The first kappa shape index (κ1) is 16.3. The van der Waals surface area contributed by atoms with Crippen molar-refractivity contribution in [2.75, 3.05) is 4.72 Å². The highest BCUT2D eigenvalue weighted by molar-refractivity contribution is 7.92. The first-order valence-corrected chi connectivity index (χ1v) is 9.31. The molecule has 0 atom stereocenters. The number of benzene rings is 1. The smallest absolute Gasteiger partial charge is 0.263 e. The molecular formula is C17H16N6O2S. The molecule has 132 valence electrons. The van der Waals surface area contributed by atoms with E-state index in [1.165, 1.54) is 12.3 Å². The van der Waals surface area contributed by atoms with E-state index in [0.717, 1.165) is 16.5 Å². The average molecular weight is 368 g/mol. The molecular weight excluding hydrogens is 352 g/mol. The minimum absolute atomic E-state index is 0.0873. The zero-order chi connectivity index (χ0) is 18.3. The monoisotopic (exact) mass is 368 g/mol. The van der Waals surface area contributed by atoms with Crippen LogP contribution in [0.3, 0.4) is 0 Å². The van der Waals surface area contributed by atoms with Crippen molar-refractivity contribution in [3.8, 4) is 11.3 Å². The van der Waals surface area contributed by atoms with Gasteiger partial charge in [-0.25, -0.2) is 8.42 Å². The maximum atomic E-state index is 12.7. The molecule has 0 amide bonds. The number of para-hydroxylation sites is 1. The van der Waals surface area contributed by atoms with Gasteiger partial charge < -0.3 is 0 Å². The molecule has 4 aromatic rings. The molecule has 0 saturated heterocycles. The minimum Gasteiger partial charge on any atom is -0.277 e. The number of nitrogens with zero attached hydrogens (tertiary/aromatic N) is 5.